The van der Waals surface area contributed by atoms with Gasteiger partial charge in [0.1, 0.15) is 5.60 Å². The zero-order valence-corrected chi connectivity index (χ0v) is 16.7. The van der Waals surface area contributed by atoms with E-state index in [1.54, 1.807) is 18.3 Å². The Morgan fingerprint density at radius 3 is 2.60 bits per heavy atom. The van der Waals surface area contributed by atoms with Gasteiger partial charge in [-0.15, -0.1) is 11.3 Å². The van der Waals surface area contributed by atoms with Crippen LogP contribution in [0.3, 0.4) is 0 Å². The number of rotatable bonds is 4. The molecule has 2 aliphatic heterocycles. The topological polar surface area (TPSA) is 53.0 Å². The highest BCUT2D eigenvalue weighted by Crippen LogP contribution is 2.38. The lowest BCUT2D eigenvalue weighted by Crippen LogP contribution is -2.74. The van der Waals surface area contributed by atoms with Crippen LogP contribution in [0.15, 0.2) is 17.5 Å². The maximum Gasteiger partial charge on any atom is 0.233 e. The van der Waals surface area contributed by atoms with Gasteiger partial charge in [0.05, 0.1) is 23.7 Å². The fraction of sp³-hybridized carbons (Fsp3) is 0.737. The molecular formula is C19H30N2O3S. The van der Waals surface area contributed by atoms with Crippen molar-refractivity contribution in [1.82, 2.24) is 9.80 Å². The van der Waals surface area contributed by atoms with Crippen LogP contribution in [0.2, 0.25) is 0 Å². The lowest BCUT2D eigenvalue weighted by atomic mass is 9.84. The Morgan fingerprint density at radius 1 is 1.36 bits per heavy atom. The highest BCUT2D eigenvalue weighted by Gasteiger charge is 2.54. The molecule has 1 N–H and O–H groups in total. The van der Waals surface area contributed by atoms with Crippen molar-refractivity contribution in [3.8, 4) is 0 Å². The molecule has 2 fully saturated rings. The number of carbonyl (C=O) groups excluding carboxylic acids is 1. The molecule has 0 aliphatic carbocycles. The summed E-state index contributed by atoms with van der Waals surface area (Å²) in [5.74, 6) is 0.166. The van der Waals surface area contributed by atoms with E-state index in [1.807, 2.05) is 36.3 Å². The van der Waals surface area contributed by atoms with Gasteiger partial charge in [-0.1, -0.05) is 6.07 Å². The van der Waals surface area contributed by atoms with Gasteiger partial charge in [-0.3, -0.25) is 9.69 Å². The summed E-state index contributed by atoms with van der Waals surface area (Å²) < 4.78 is 6.38. The van der Waals surface area contributed by atoms with Crippen LogP contribution in [0.1, 0.15) is 39.5 Å². The average molecular weight is 367 g/mol. The van der Waals surface area contributed by atoms with Crippen LogP contribution in [0.25, 0.3) is 0 Å². The maximum atomic E-state index is 13.3. The summed E-state index contributed by atoms with van der Waals surface area (Å²) in [5.41, 5.74) is -1.19. The number of aliphatic hydroxyl groups is 1. The van der Waals surface area contributed by atoms with Crippen molar-refractivity contribution in [2.45, 2.75) is 57.3 Å². The van der Waals surface area contributed by atoms with Gasteiger partial charge >= 0.3 is 0 Å². The molecule has 1 atom stereocenters. The second-order valence-corrected chi connectivity index (χ2v) is 9.77. The molecule has 140 valence electrons. The molecule has 2 saturated heterocycles. The number of morpholine rings is 1. The summed E-state index contributed by atoms with van der Waals surface area (Å²) in [4.78, 5) is 18.6. The summed E-state index contributed by atoms with van der Waals surface area (Å²) in [6.45, 7) is 13.4. The van der Waals surface area contributed by atoms with Gasteiger partial charge in [-0.2, -0.15) is 0 Å². The van der Waals surface area contributed by atoms with E-state index >= 15 is 0 Å². The largest absolute Gasteiger partial charge is 0.392 e. The van der Waals surface area contributed by atoms with Crippen molar-refractivity contribution in [2.24, 2.45) is 0 Å². The number of β-amino-alcohol motifs (C(OH)–C–C–N with tert-alkyl or cyclic N) is 1. The number of hydrogen-bond donors (Lipinski definition) is 1. The Kier molecular flexibility index (Phi) is 4.77. The third-order valence-electron chi connectivity index (χ3n) is 5.05. The summed E-state index contributed by atoms with van der Waals surface area (Å²) >= 11 is 1.63. The summed E-state index contributed by atoms with van der Waals surface area (Å²) in [5, 5.41) is 11.6. The van der Waals surface area contributed by atoms with Crippen molar-refractivity contribution in [2.75, 3.05) is 32.7 Å². The Hall–Kier alpha value is -0.950. The highest BCUT2D eigenvalue weighted by atomic mass is 32.1. The van der Waals surface area contributed by atoms with E-state index in [1.165, 1.54) is 0 Å². The van der Waals surface area contributed by atoms with Gasteiger partial charge in [0.25, 0.3) is 0 Å². The molecule has 2 aliphatic rings. The molecule has 1 amide bonds. The van der Waals surface area contributed by atoms with E-state index in [9.17, 15) is 9.90 Å². The van der Waals surface area contributed by atoms with Crippen LogP contribution in [0.5, 0.6) is 0 Å². The predicted octanol–water partition coefficient (Wildman–Crippen LogP) is 2.10. The molecule has 5 nitrogen and oxygen atoms in total. The summed E-state index contributed by atoms with van der Waals surface area (Å²) in [6.07, 6.45) is -0.343. The SMILES string of the molecule is CC(O)CN1CC2(C1)CN(C(=O)C(C)(C)c1cccs1)CC(C)(C)O2. The van der Waals surface area contributed by atoms with Crippen molar-refractivity contribution in [3.63, 3.8) is 0 Å². The first-order valence-corrected chi connectivity index (χ1v) is 9.85. The van der Waals surface area contributed by atoms with E-state index < -0.39 is 5.41 Å². The maximum absolute atomic E-state index is 13.3. The third-order valence-corrected chi connectivity index (χ3v) is 6.24. The minimum absolute atomic E-state index is 0.166. The number of amides is 1. The second kappa shape index (κ2) is 6.34. The molecule has 25 heavy (non-hydrogen) atoms. The van der Waals surface area contributed by atoms with Crippen molar-refractivity contribution < 1.29 is 14.6 Å². The number of thiophene rings is 1. The van der Waals surface area contributed by atoms with Gasteiger partial charge in [0.2, 0.25) is 5.91 Å². The van der Waals surface area contributed by atoms with Gasteiger partial charge in [-0.05, 0) is 46.1 Å². The van der Waals surface area contributed by atoms with E-state index in [2.05, 4.69) is 18.7 Å². The molecule has 6 heteroatoms. The number of ether oxygens (including phenoxy) is 1. The Labute approximate surface area is 154 Å². The molecule has 1 aromatic rings. The van der Waals surface area contributed by atoms with Crippen LogP contribution in [0, 0.1) is 0 Å². The van der Waals surface area contributed by atoms with Crippen LogP contribution in [-0.2, 0) is 14.9 Å². The lowest BCUT2D eigenvalue weighted by Gasteiger charge is -2.59. The minimum Gasteiger partial charge on any atom is -0.392 e. The fourth-order valence-electron chi connectivity index (χ4n) is 4.23. The van der Waals surface area contributed by atoms with Crippen molar-refractivity contribution >= 4 is 17.2 Å². The molecule has 0 aromatic carbocycles. The predicted molar refractivity (Wildman–Crippen MR) is 99.9 cm³/mol. The van der Waals surface area contributed by atoms with Crippen LogP contribution in [-0.4, -0.2) is 70.8 Å². The fourth-order valence-corrected chi connectivity index (χ4v) is 5.07. The zero-order valence-electron chi connectivity index (χ0n) is 15.9. The standard InChI is InChI=1S/C19H30N2O3S/c1-14(22)9-20-11-19(12-20)13-21(10-17(2,3)24-19)16(23)18(4,5)15-7-6-8-25-15/h6-8,14,22H,9-13H2,1-5H3. The number of nitrogens with zero attached hydrogens (tertiary/aromatic N) is 2. The molecule has 1 unspecified atom stereocenters. The van der Waals surface area contributed by atoms with E-state index in [0.29, 0.717) is 19.6 Å². The zero-order chi connectivity index (χ0) is 18.5. The Bertz CT molecular complexity index is 619. The Balaban J connectivity index is 1.75. The molecule has 1 spiro atoms. The quantitative estimate of drug-likeness (QED) is 0.887. The van der Waals surface area contributed by atoms with Gasteiger partial charge in [0.15, 0.2) is 0 Å². The molecule has 3 rings (SSSR count). The summed E-state index contributed by atoms with van der Waals surface area (Å²) in [7, 11) is 0. The number of carbonyl (C=O) groups is 1. The number of aliphatic hydroxyl groups excluding tert-OH is 1. The average Bonchev–Trinajstić information content (AvgIpc) is 2.97. The summed E-state index contributed by atoms with van der Waals surface area (Å²) in [6, 6.07) is 4.04. The monoisotopic (exact) mass is 366 g/mol. The molecule has 1 aromatic heterocycles. The van der Waals surface area contributed by atoms with Gasteiger partial charge < -0.3 is 14.7 Å². The molecular weight excluding hydrogens is 336 g/mol. The minimum atomic E-state index is -0.522. The number of likely N-dealkylation sites (tertiary alicyclic amines) is 1. The van der Waals surface area contributed by atoms with Crippen LogP contribution in [0.4, 0.5) is 0 Å². The van der Waals surface area contributed by atoms with Crippen molar-refractivity contribution in [3.05, 3.63) is 22.4 Å². The van der Waals surface area contributed by atoms with E-state index in [4.69, 9.17) is 4.74 Å². The normalized spacial score (nSPS) is 24.2. The van der Waals surface area contributed by atoms with Crippen LogP contribution >= 0.6 is 11.3 Å². The number of hydrogen-bond acceptors (Lipinski definition) is 5. The lowest BCUT2D eigenvalue weighted by molar-refractivity contribution is -0.248. The highest BCUT2D eigenvalue weighted by molar-refractivity contribution is 7.10. The van der Waals surface area contributed by atoms with Gasteiger partial charge in [0, 0.05) is 31.1 Å². The second-order valence-electron chi connectivity index (χ2n) is 8.83. The van der Waals surface area contributed by atoms with Gasteiger partial charge in [-0.25, -0.2) is 0 Å². The Morgan fingerprint density at radius 2 is 2.04 bits per heavy atom. The van der Waals surface area contributed by atoms with Crippen LogP contribution < -0.4 is 0 Å². The smallest absolute Gasteiger partial charge is 0.233 e. The third kappa shape index (κ3) is 3.77. The molecule has 0 radical (unpaired) electrons. The molecule has 3 heterocycles. The van der Waals surface area contributed by atoms with E-state index in [0.717, 1.165) is 18.0 Å². The first kappa shape index (κ1) is 18.8. The first-order chi connectivity index (χ1) is 11.5. The molecule has 0 saturated carbocycles. The first-order valence-electron chi connectivity index (χ1n) is 8.97. The molecule has 0 bridgehead atoms. The van der Waals surface area contributed by atoms with Crippen molar-refractivity contribution in [1.29, 1.82) is 0 Å². The van der Waals surface area contributed by atoms with E-state index in [-0.39, 0.29) is 23.2 Å².